The topological polar surface area (TPSA) is 54.9 Å². The summed E-state index contributed by atoms with van der Waals surface area (Å²) in [6.07, 6.45) is 4.70. The molecular weight excluding hydrogens is 338 g/mol. The lowest BCUT2D eigenvalue weighted by Crippen LogP contribution is -2.31. The van der Waals surface area contributed by atoms with Gasteiger partial charge in [0, 0.05) is 17.3 Å². The molecule has 0 aliphatic carbocycles. The summed E-state index contributed by atoms with van der Waals surface area (Å²) in [6, 6.07) is 5.93. The van der Waals surface area contributed by atoms with E-state index in [0.717, 1.165) is 27.6 Å². The minimum Gasteiger partial charge on any atom is -0.349 e. The van der Waals surface area contributed by atoms with Crippen molar-refractivity contribution in [3.05, 3.63) is 68.1 Å². The first-order valence-electron chi connectivity index (χ1n) is 7.75. The number of hydrogen-bond acceptors (Lipinski definition) is 5. The van der Waals surface area contributed by atoms with Gasteiger partial charge in [0.1, 0.15) is 0 Å². The van der Waals surface area contributed by atoms with E-state index in [1.54, 1.807) is 28.9 Å². The molecule has 3 rings (SSSR count). The summed E-state index contributed by atoms with van der Waals surface area (Å²) >= 11 is 3.26. The van der Waals surface area contributed by atoms with Crippen LogP contribution in [0.2, 0.25) is 0 Å². The maximum Gasteiger partial charge on any atom is 0.225 e. The average molecular weight is 358 g/mol. The highest BCUT2D eigenvalue weighted by atomic mass is 32.1. The number of aryl methyl sites for hydroxylation is 2. The maximum atomic E-state index is 12.5. The van der Waals surface area contributed by atoms with Crippen LogP contribution in [0.25, 0.3) is 0 Å². The van der Waals surface area contributed by atoms with Gasteiger partial charge in [-0.05, 0) is 54.3 Å². The van der Waals surface area contributed by atoms with E-state index in [1.165, 1.54) is 5.56 Å². The van der Waals surface area contributed by atoms with Crippen molar-refractivity contribution in [2.45, 2.75) is 32.7 Å². The normalized spacial score (nSPS) is 12.1. The Kier molecular flexibility index (Phi) is 5.37. The summed E-state index contributed by atoms with van der Waals surface area (Å²) in [7, 11) is 0. The summed E-state index contributed by atoms with van der Waals surface area (Å²) in [6.45, 7) is 3.92. The van der Waals surface area contributed by atoms with Crippen LogP contribution >= 0.6 is 22.7 Å². The van der Waals surface area contributed by atoms with Gasteiger partial charge in [0.05, 0.1) is 23.2 Å². The van der Waals surface area contributed by atoms with E-state index >= 15 is 0 Å². The second kappa shape index (κ2) is 7.68. The molecule has 3 aromatic rings. The van der Waals surface area contributed by atoms with Crippen LogP contribution < -0.4 is 5.32 Å². The van der Waals surface area contributed by atoms with Gasteiger partial charge in [0.25, 0.3) is 0 Å². The molecule has 6 heteroatoms. The zero-order valence-corrected chi connectivity index (χ0v) is 15.3. The van der Waals surface area contributed by atoms with Gasteiger partial charge in [-0.1, -0.05) is 6.07 Å². The van der Waals surface area contributed by atoms with Crippen molar-refractivity contribution < 1.29 is 4.79 Å². The Morgan fingerprint density at radius 1 is 1.33 bits per heavy atom. The first kappa shape index (κ1) is 16.8. The van der Waals surface area contributed by atoms with Crippen LogP contribution in [0.15, 0.2) is 41.4 Å². The first-order valence-corrected chi connectivity index (χ1v) is 9.51. The molecular formula is C18H19N3OS2. The number of hydrogen-bond donors (Lipinski definition) is 1. The standard InChI is InChI=1S/C18H19N3OS2/c1-12-17(24-13(2)20-12)9-18(22)21-16(8-14-5-7-23-11-14)15-4-3-6-19-10-15/h3-7,10-11,16H,8-9H2,1-2H3,(H,21,22)/t16-/m1/s1. The van der Waals surface area contributed by atoms with Crippen LogP contribution in [0.1, 0.15) is 32.7 Å². The number of carbonyl (C=O) groups is 1. The number of thiophene rings is 1. The number of nitrogens with zero attached hydrogens (tertiary/aromatic N) is 2. The number of pyridine rings is 1. The molecule has 0 bridgehead atoms. The van der Waals surface area contributed by atoms with E-state index in [1.807, 2.05) is 32.2 Å². The van der Waals surface area contributed by atoms with Crippen molar-refractivity contribution in [1.82, 2.24) is 15.3 Å². The SMILES string of the molecule is Cc1nc(C)c(CC(=O)N[C@H](Cc2ccsc2)c2cccnc2)s1. The molecule has 0 unspecified atom stereocenters. The minimum atomic E-state index is -0.0740. The van der Waals surface area contributed by atoms with Crippen LogP contribution in [0.5, 0.6) is 0 Å². The number of aromatic nitrogens is 2. The van der Waals surface area contributed by atoms with E-state index in [0.29, 0.717) is 6.42 Å². The number of nitrogens with one attached hydrogen (secondary N) is 1. The van der Waals surface area contributed by atoms with Gasteiger partial charge < -0.3 is 5.32 Å². The number of thiazole rings is 1. The number of rotatable bonds is 6. The first-order chi connectivity index (χ1) is 11.6. The van der Waals surface area contributed by atoms with Gasteiger partial charge in [0.2, 0.25) is 5.91 Å². The average Bonchev–Trinajstić information content (AvgIpc) is 3.17. The van der Waals surface area contributed by atoms with E-state index in [2.05, 4.69) is 32.1 Å². The van der Waals surface area contributed by atoms with Gasteiger partial charge in [-0.3, -0.25) is 9.78 Å². The monoisotopic (exact) mass is 357 g/mol. The highest BCUT2D eigenvalue weighted by Crippen LogP contribution is 2.21. The molecule has 0 radical (unpaired) electrons. The molecule has 3 aromatic heterocycles. The molecule has 1 atom stereocenters. The van der Waals surface area contributed by atoms with Crippen molar-refractivity contribution in [1.29, 1.82) is 0 Å². The molecule has 1 amide bonds. The van der Waals surface area contributed by atoms with Crippen LogP contribution in [0.3, 0.4) is 0 Å². The molecule has 0 spiro atoms. The van der Waals surface area contributed by atoms with Gasteiger partial charge >= 0.3 is 0 Å². The predicted octanol–water partition coefficient (Wildman–Crippen LogP) is 3.86. The predicted molar refractivity (Wildman–Crippen MR) is 98.4 cm³/mol. The summed E-state index contributed by atoms with van der Waals surface area (Å²) in [5.41, 5.74) is 3.19. The van der Waals surface area contributed by atoms with E-state index in [9.17, 15) is 4.79 Å². The van der Waals surface area contributed by atoms with Gasteiger partial charge in [-0.2, -0.15) is 11.3 Å². The molecule has 4 nitrogen and oxygen atoms in total. The summed E-state index contributed by atoms with van der Waals surface area (Å²) < 4.78 is 0. The lowest BCUT2D eigenvalue weighted by molar-refractivity contribution is -0.121. The Morgan fingerprint density at radius 3 is 2.83 bits per heavy atom. The van der Waals surface area contributed by atoms with Gasteiger partial charge in [-0.15, -0.1) is 11.3 Å². The molecule has 0 saturated carbocycles. The summed E-state index contributed by atoms with van der Waals surface area (Å²) in [4.78, 5) is 22.1. The fourth-order valence-electron chi connectivity index (χ4n) is 2.61. The number of amides is 1. The van der Waals surface area contributed by atoms with Crippen molar-refractivity contribution >= 4 is 28.6 Å². The molecule has 3 heterocycles. The van der Waals surface area contributed by atoms with Crippen molar-refractivity contribution in [3.63, 3.8) is 0 Å². The highest BCUT2D eigenvalue weighted by molar-refractivity contribution is 7.11. The Morgan fingerprint density at radius 2 is 2.21 bits per heavy atom. The quantitative estimate of drug-likeness (QED) is 0.729. The van der Waals surface area contributed by atoms with E-state index in [4.69, 9.17) is 0 Å². The van der Waals surface area contributed by atoms with Crippen molar-refractivity contribution in [2.75, 3.05) is 0 Å². The van der Waals surface area contributed by atoms with Crippen LogP contribution in [-0.2, 0) is 17.6 Å². The van der Waals surface area contributed by atoms with Gasteiger partial charge in [0.15, 0.2) is 0 Å². The molecule has 0 saturated heterocycles. The Balaban J connectivity index is 1.73. The zero-order chi connectivity index (χ0) is 16.9. The third-order valence-corrected chi connectivity index (χ3v) is 5.57. The van der Waals surface area contributed by atoms with Crippen LogP contribution in [0, 0.1) is 13.8 Å². The molecule has 24 heavy (non-hydrogen) atoms. The Labute approximate surface area is 149 Å². The number of carbonyl (C=O) groups excluding carboxylic acids is 1. The second-order valence-electron chi connectivity index (χ2n) is 5.66. The lowest BCUT2D eigenvalue weighted by Gasteiger charge is -2.18. The Bertz CT molecular complexity index is 797. The third-order valence-electron chi connectivity index (χ3n) is 3.76. The van der Waals surface area contributed by atoms with E-state index in [-0.39, 0.29) is 11.9 Å². The molecule has 0 aliphatic rings. The second-order valence-corrected chi connectivity index (χ2v) is 7.73. The molecule has 0 aromatic carbocycles. The molecule has 124 valence electrons. The smallest absolute Gasteiger partial charge is 0.225 e. The van der Waals surface area contributed by atoms with Crippen molar-refractivity contribution in [2.24, 2.45) is 0 Å². The summed E-state index contributed by atoms with van der Waals surface area (Å²) in [5, 5.41) is 8.33. The zero-order valence-electron chi connectivity index (χ0n) is 13.7. The van der Waals surface area contributed by atoms with E-state index < -0.39 is 0 Å². The van der Waals surface area contributed by atoms with Crippen LogP contribution in [0.4, 0.5) is 0 Å². The fourth-order valence-corrected chi connectivity index (χ4v) is 4.22. The maximum absolute atomic E-state index is 12.5. The van der Waals surface area contributed by atoms with Crippen LogP contribution in [-0.4, -0.2) is 15.9 Å². The molecule has 0 fully saturated rings. The molecule has 1 N–H and O–H groups in total. The lowest BCUT2D eigenvalue weighted by atomic mass is 10.0. The van der Waals surface area contributed by atoms with Crippen molar-refractivity contribution in [3.8, 4) is 0 Å². The minimum absolute atomic E-state index is 0.0193. The fraction of sp³-hybridized carbons (Fsp3) is 0.278. The summed E-state index contributed by atoms with van der Waals surface area (Å²) in [5.74, 6) is 0.0193. The third kappa shape index (κ3) is 4.27. The highest BCUT2D eigenvalue weighted by Gasteiger charge is 2.17. The van der Waals surface area contributed by atoms with Gasteiger partial charge in [-0.25, -0.2) is 4.98 Å². The molecule has 0 aliphatic heterocycles. The largest absolute Gasteiger partial charge is 0.349 e. The Hall–Kier alpha value is -2.05.